The zero-order chi connectivity index (χ0) is 17.9. The first-order valence-corrected chi connectivity index (χ1v) is 9.69. The summed E-state index contributed by atoms with van der Waals surface area (Å²) >= 11 is 3.40. The summed E-state index contributed by atoms with van der Waals surface area (Å²) in [6.45, 7) is 2.21. The van der Waals surface area contributed by atoms with E-state index in [1.54, 1.807) is 0 Å². The van der Waals surface area contributed by atoms with E-state index in [-0.39, 0.29) is 5.91 Å². The van der Waals surface area contributed by atoms with E-state index in [0.29, 0.717) is 12.5 Å². The summed E-state index contributed by atoms with van der Waals surface area (Å²) in [5.74, 6) is 1.40. The van der Waals surface area contributed by atoms with Crippen molar-refractivity contribution in [2.75, 3.05) is 25.0 Å². The minimum atomic E-state index is 0.0255. The van der Waals surface area contributed by atoms with E-state index in [0.717, 1.165) is 52.9 Å². The minimum Gasteiger partial charge on any atom is -0.342 e. The Bertz CT molecular complexity index is 873. The van der Waals surface area contributed by atoms with Crippen LogP contribution in [0.15, 0.2) is 53.0 Å². The van der Waals surface area contributed by atoms with Crippen LogP contribution >= 0.6 is 15.9 Å². The van der Waals surface area contributed by atoms with Crippen LogP contribution in [0.1, 0.15) is 24.6 Å². The number of piperidine rings is 1. The summed E-state index contributed by atoms with van der Waals surface area (Å²) < 4.78 is 1.00. The molecule has 2 aromatic carbocycles. The van der Waals surface area contributed by atoms with Gasteiger partial charge in [0.1, 0.15) is 5.82 Å². The zero-order valence-corrected chi connectivity index (χ0v) is 16.0. The van der Waals surface area contributed by atoms with Gasteiger partial charge < -0.3 is 10.3 Å². The van der Waals surface area contributed by atoms with Crippen LogP contribution in [-0.4, -0.2) is 40.4 Å². The lowest BCUT2D eigenvalue weighted by Gasteiger charge is -2.31. The molecule has 2 N–H and O–H groups in total. The van der Waals surface area contributed by atoms with Gasteiger partial charge in [0.2, 0.25) is 5.91 Å². The smallest absolute Gasteiger partial charge is 0.238 e. The van der Waals surface area contributed by atoms with Gasteiger partial charge in [0, 0.05) is 22.6 Å². The van der Waals surface area contributed by atoms with Crippen LogP contribution in [-0.2, 0) is 4.79 Å². The molecule has 1 aliphatic rings. The Morgan fingerprint density at radius 2 is 2.04 bits per heavy atom. The third-order valence-corrected chi connectivity index (χ3v) is 5.32. The van der Waals surface area contributed by atoms with Gasteiger partial charge >= 0.3 is 0 Å². The molecule has 1 atom stereocenters. The highest BCUT2D eigenvalue weighted by molar-refractivity contribution is 9.10. The molecule has 0 aliphatic carbocycles. The molecule has 0 radical (unpaired) electrons. The highest BCUT2D eigenvalue weighted by atomic mass is 79.9. The molecule has 6 heteroatoms. The standard InChI is InChI=1S/C20H21BrN4O/c21-15-7-9-16(10-8-15)22-19(26)13-25-11-3-4-14(12-25)20-23-17-5-1-2-6-18(17)24-20/h1-2,5-10,14H,3-4,11-13H2,(H,22,26)(H,23,24)/t14-/m0/s1. The number of benzene rings is 2. The van der Waals surface area contributed by atoms with Gasteiger partial charge in [-0.15, -0.1) is 0 Å². The molecule has 0 saturated carbocycles. The first-order chi connectivity index (χ1) is 12.7. The van der Waals surface area contributed by atoms with Crippen molar-refractivity contribution in [3.8, 4) is 0 Å². The molecule has 1 fully saturated rings. The second-order valence-electron chi connectivity index (χ2n) is 6.77. The SMILES string of the molecule is O=C(CN1CCC[C@H](c2nc3ccccc3[nH]2)C1)Nc1ccc(Br)cc1. The van der Waals surface area contributed by atoms with Crippen molar-refractivity contribution in [1.82, 2.24) is 14.9 Å². The van der Waals surface area contributed by atoms with Crippen molar-refractivity contribution in [3.63, 3.8) is 0 Å². The second kappa shape index (κ2) is 7.60. The second-order valence-corrected chi connectivity index (χ2v) is 7.68. The molecule has 3 aromatic rings. The third kappa shape index (κ3) is 3.97. The number of nitrogens with one attached hydrogen (secondary N) is 2. The molecule has 134 valence electrons. The van der Waals surface area contributed by atoms with Crippen molar-refractivity contribution in [1.29, 1.82) is 0 Å². The number of aromatic amines is 1. The maximum atomic E-state index is 12.4. The molecule has 5 nitrogen and oxygen atoms in total. The van der Waals surface area contributed by atoms with Crippen LogP contribution in [0.25, 0.3) is 11.0 Å². The molecular formula is C20H21BrN4O. The molecule has 0 unspecified atom stereocenters. The van der Waals surface area contributed by atoms with Crippen LogP contribution < -0.4 is 5.32 Å². The van der Waals surface area contributed by atoms with Crippen LogP contribution in [0.2, 0.25) is 0 Å². The summed E-state index contributed by atoms with van der Waals surface area (Å²) in [4.78, 5) is 22.8. The van der Waals surface area contributed by atoms with Crippen LogP contribution in [0, 0.1) is 0 Å². The van der Waals surface area contributed by atoms with Gasteiger partial charge in [-0.3, -0.25) is 9.69 Å². The molecule has 0 spiro atoms. The van der Waals surface area contributed by atoms with E-state index >= 15 is 0 Å². The number of aromatic nitrogens is 2. The summed E-state index contributed by atoms with van der Waals surface area (Å²) in [5.41, 5.74) is 2.91. The predicted octanol–water partition coefficient (Wildman–Crippen LogP) is 4.14. The number of imidazole rings is 1. The van der Waals surface area contributed by atoms with Gasteiger partial charge in [0.05, 0.1) is 17.6 Å². The van der Waals surface area contributed by atoms with E-state index in [9.17, 15) is 4.79 Å². The number of halogens is 1. The van der Waals surface area contributed by atoms with Gasteiger partial charge in [0.25, 0.3) is 0 Å². The van der Waals surface area contributed by atoms with Crippen molar-refractivity contribution in [2.45, 2.75) is 18.8 Å². The lowest BCUT2D eigenvalue weighted by molar-refractivity contribution is -0.117. The number of anilines is 1. The number of hydrogen-bond donors (Lipinski definition) is 2. The molecule has 0 bridgehead atoms. The Morgan fingerprint density at radius 3 is 2.85 bits per heavy atom. The number of likely N-dealkylation sites (tertiary alicyclic amines) is 1. The van der Waals surface area contributed by atoms with Crippen LogP contribution in [0.3, 0.4) is 0 Å². The van der Waals surface area contributed by atoms with Crippen LogP contribution in [0.5, 0.6) is 0 Å². The average Bonchev–Trinajstić information content (AvgIpc) is 3.08. The number of fused-ring (bicyclic) bond motifs is 1. The zero-order valence-electron chi connectivity index (χ0n) is 14.4. The van der Waals surface area contributed by atoms with Crippen molar-refractivity contribution < 1.29 is 4.79 Å². The summed E-state index contributed by atoms with van der Waals surface area (Å²) in [5, 5.41) is 2.97. The predicted molar refractivity (Wildman–Crippen MR) is 107 cm³/mol. The highest BCUT2D eigenvalue weighted by Crippen LogP contribution is 2.26. The van der Waals surface area contributed by atoms with Gasteiger partial charge in [-0.1, -0.05) is 28.1 Å². The number of carbonyl (C=O) groups is 1. The number of nitrogens with zero attached hydrogens (tertiary/aromatic N) is 2. The van der Waals surface area contributed by atoms with Crippen LogP contribution in [0.4, 0.5) is 5.69 Å². The maximum Gasteiger partial charge on any atom is 0.238 e. The Labute approximate surface area is 160 Å². The number of rotatable bonds is 4. The number of para-hydroxylation sites is 2. The fourth-order valence-corrected chi connectivity index (χ4v) is 3.79. The Morgan fingerprint density at radius 1 is 1.23 bits per heavy atom. The van der Waals surface area contributed by atoms with Crippen molar-refractivity contribution in [3.05, 3.63) is 58.8 Å². The largest absolute Gasteiger partial charge is 0.342 e. The van der Waals surface area contributed by atoms with Gasteiger partial charge in [-0.2, -0.15) is 0 Å². The molecule has 1 aromatic heterocycles. The normalized spacial score (nSPS) is 18.1. The molecular weight excluding hydrogens is 392 g/mol. The number of carbonyl (C=O) groups excluding carboxylic acids is 1. The fourth-order valence-electron chi connectivity index (χ4n) is 3.53. The van der Waals surface area contributed by atoms with E-state index in [1.807, 2.05) is 42.5 Å². The molecule has 4 rings (SSSR count). The number of hydrogen-bond acceptors (Lipinski definition) is 3. The first-order valence-electron chi connectivity index (χ1n) is 8.90. The monoisotopic (exact) mass is 412 g/mol. The Balaban J connectivity index is 1.38. The quantitative estimate of drug-likeness (QED) is 0.676. The maximum absolute atomic E-state index is 12.4. The van der Waals surface area contributed by atoms with E-state index in [2.05, 4.69) is 37.2 Å². The molecule has 2 heterocycles. The van der Waals surface area contributed by atoms with Gasteiger partial charge in [-0.05, 0) is 55.8 Å². The molecule has 1 saturated heterocycles. The molecule has 1 amide bonds. The Hall–Kier alpha value is -2.18. The van der Waals surface area contributed by atoms with Gasteiger partial charge in [0.15, 0.2) is 0 Å². The Kier molecular flexibility index (Phi) is 5.04. The molecule has 26 heavy (non-hydrogen) atoms. The first kappa shape index (κ1) is 17.2. The molecule has 1 aliphatic heterocycles. The summed E-state index contributed by atoms with van der Waals surface area (Å²) in [7, 11) is 0. The summed E-state index contributed by atoms with van der Waals surface area (Å²) in [6, 6.07) is 15.8. The van der Waals surface area contributed by atoms with E-state index in [1.165, 1.54) is 0 Å². The fraction of sp³-hybridized carbons (Fsp3) is 0.300. The van der Waals surface area contributed by atoms with Gasteiger partial charge in [-0.25, -0.2) is 4.98 Å². The average molecular weight is 413 g/mol. The number of H-pyrrole nitrogens is 1. The lowest BCUT2D eigenvalue weighted by atomic mass is 9.97. The third-order valence-electron chi connectivity index (χ3n) is 4.80. The number of amides is 1. The minimum absolute atomic E-state index is 0.0255. The topological polar surface area (TPSA) is 61.0 Å². The van der Waals surface area contributed by atoms with Crippen molar-refractivity contribution >= 4 is 38.6 Å². The van der Waals surface area contributed by atoms with Crippen molar-refractivity contribution in [2.24, 2.45) is 0 Å². The highest BCUT2D eigenvalue weighted by Gasteiger charge is 2.25. The summed E-state index contributed by atoms with van der Waals surface area (Å²) in [6.07, 6.45) is 2.18. The van der Waals surface area contributed by atoms with E-state index in [4.69, 9.17) is 4.98 Å². The van der Waals surface area contributed by atoms with E-state index < -0.39 is 0 Å². The lowest BCUT2D eigenvalue weighted by Crippen LogP contribution is -2.40.